The predicted molar refractivity (Wildman–Crippen MR) is 67.9 cm³/mol. The first-order valence-electron chi connectivity index (χ1n) is 5.74. The summed E-state index contributed by atoms with van der Waals surface area (Å²) in [5.74, 6) is 0.243. The zero-order chi connectivity index (χ0) is 12.4. The Balaban J connectivity index is 2.34. The van der Waals surface area contributed by atoms with Crippen LogP contribution < -0.4 is 5.32 Å². The van der Waals surface area contributed by atoms with Crippen molar-refractivity contribution >= 4 is 22.6 Å². The van der Waals surface area contributed by atoms with Crippen LogP contribution >= 0.6 is 11.6 Å². The molecule has 0 saturated heterocycles. The van der Waals surface area contributed by atoms with E-state index in [-0.39, 0.29) is 16.6 Å². The van der Waals surface area contributed by atoms with E-state index in [0.29, 0.717) is 0 Å². The van der Waals surface area contributed by atoms with Crippen LogP contribution in [0.5, 0.6) is 0 Å². The monoisotopic (exact) mass is 255 g/mol. The molecule has 1 heterocycles. The minimum atomic E-state index is -0.488. The maximum absolute atomic E-state index is 13.7. The highest BCUT2D eigenvalue weighted by molar-refractivity contribution is 6.31. The van der Waals surface area contributed by atoms with E-state index in [1.807, 2.05) is 13.0 Å². The van der Waals surface area contributed by atoms with Crippen molar-refractivity contribution in [2.75, 3.05) is 6.54 Å². The highest BCUT2D eigenvalue weighted by Crippen LogP contribution is 2.29. The van der Waals surface area contributed by atoms with Gasteiger partial charge in [-0.05, 0) is 38.1 Å². The number of hydrogen-bond donors (Lipinski definition) is 1. The summed E-state index contributed by atoms with van der Waals surface area (Å²) in [5.41, 5.74) is 0.234. The minimum absolute atomic E-state index is 0.0699. The number of benzene rings is 1. The van der Waals surface area contributed by atoms with Gasteiger partial charge < -0.3 is 9.73 Å². The van der Waals surface area contributed by atoms with Gasteiger partial charge in [0.1, 0.15) is 5.76 Å². The molecule has 1 aromatic carbocycles. The summed E-state index contributed by atoms with van der Waals surface area (Å²) in [6.45, 7) is 4.99. The van der Waals surface area contributed by atoms with Gasteiger partial charge in [0.25, 0.3) is 0 Å². The summed E-state index contributed by atoms with van der Waals surface area (Å²) < 4.78 is 19.2. The standard InChI is InChI=1S/C13H15ClFNO/c1-3-6-16-8(2)11-7-9-4-5-10(14)12(15)13(9)17-11/h4-5,7-8,16H,3,6H2,1-2H3. The quantitative estimate of drug-likeness (QED) is 0.882. The van der Waals surface area contributed by atoms with Crippen LogP contribution in [0.1, 0.15) is 32.1 Å². The smallest absolute Gasteiger partial charge is 0.184 e. The topological polar surface area (TPSA) is 25.2 Å². The number of rotatable bonds is 4. The van der Waals surface area contributed by atoms with Gasteiger partial charge in [0.05, 0.1) is 11.1 Å². The minimum Gasteiger partial charge on any atom is -0.456 e. The van der Waals surface area contributed by atoms with Crippen molar-refractivity contribution in [1.29, 1.82) is 0 Å². The van der Waals surface area contributed by atoms with Gasteiger partial charge >= 0.3 is 0 Å². The average molecular weight is 256 g/mol. The molecule has 4 heteroatoms. The van der Waals surface area contributed by atoms with Crippen molar-refractivity contribution in [3.63, 3.8) is 0 Å². The third-order valence-electron chi connectivity index (χ3n) is 2.73. The zero-order valence-corrected chi connectivity index (χ0v) is 10.6. The Bertz CT molecular complexity index is 523. The van der Waals surface area contributed by atoms with Gasteiger partial charge in [0.15, 0.2) is 11.4 Å². The molecule has 0 saturated carbocycles. The van der Waals surface area contributed by atoms with Crippen LogP contribution in [0, 0.1) is 5.82 Å². The van der Waals surface area contributed by atoms with E-state index in [4.69, 9.17) is 16.0 Å². The number of halogens is 2. The van der Waals surface area contributed by atoms with E-state index in [9.17, 15) is 4.39 Å². The Kier molecular flexibility index (Phi) is 3.69. The van der Waals surface area contributed by atoms with Crippen LogP contribution in [0.15, 0.2) is 22.6 Å². The second-order valence-corrected chi connectivity index (χ2v) is 4.51. The van der Waals surface area contributed by atoms with Gasteiger partial charge in [-0.25, -0.2) is 4.39 Å². The van der Waals surface area contributed by atoms with Crippen molar-refractivity contribution in [2.24, 2.45) is 0 Å². The first kappa shape index (κ1) is 12.4. The fourth-order valence-electron chi connectivity index (χ4n) is 1.74. The van der Waals surface area contributed by atoms with Gasteiger partial charge in [-0.3, -0.25) is 0 Å². The van der Waals surface area contributed by atoms with Gasteiger partial charge in [-0.1, -0.05) is 18.5 Å². The molecule has 0 bridgehead atoms. The van der Waals surface area contributed by atoms with Gasteiger partial charge in [-0.15, -0.1) is 0 Å². The van der Waals surface area contributed by atoms with Crippen LogP contribution in [0.3, 0.4) is 0 Å². The summed E-state index contributed by atoms with van der Waals surface area (Å²) in [5, 5.41) is 4.13. The number of hydrogen-bond acceptors (Lipinski definition) is 2. The molecule has 1 atom stereocenters. The first-order valence-corrected chi connectivity index (χ1v) is 6.12. The Labute approximate surface area is 105 Å². The van der Waals surface area contributed by atoms with E-state index >= 15 is 0 Å². The zero-order valence-electron chi connectivity index (χ0n) is 9.89. The summed E-state index contributed by atoms with van der Waals surface area (Å²) in [6, 6.07) is 5.23. The van der Waals surface area contributed by atoms with E-state index in [2.05, 4.69) is 12.2 Å². The van der Waals surface area contributed by atoms with Gasteiger partial charge in [0, 0.05) is 5.39 Å². The molecule has 2 aromatic rings. The molecule has 92 valence electrons. The second-order valence-electron chi connectivity index (χ2n) is 4.10. The van der Waals surface area contributed by atoms with Gasteiger partial charge in [0.2, 0.25) is 0 Å². The lowest BCUT2D eigenvalue weighted by molar-refractivity contribution is 0.443. The molecule has 0 aliphatic rings. The molecule has 1 N–H and O–H groups in total. The summed E-state index contributed by atoms with van der Waals surface area (Å²) in [6.07, 6.45) is 1.05. The predicted octanol–water partition coefficient (Wildman–Crippen LogP) is 4.29. The number of furan rings is 1. The van der Waals surface area contributed by atoms with E-state index < -0.39 is 5.82 Å². The first-order chi connectivity index (χ1) is 8.13. The molecule has 0 radical (unpaired) electrons. The SMILES string of the molecule is CCCNC(C)c1cc2ccc(Cl)c(F)c2o1. The maximum atomic E-state index is 13.7. The Morgan fingerprint density at radius 1 is 1.47 bits per heavy atom. The van der Waals surface area contributed by atoms with Crippen LogP contribution in [0.2, 0.25) is 5.02 Å². The second kappa shape index (κ2) is 5.07. The molecule has 0 amide bonds. The number of fused-ring (bicyclic) bond motifs is 1. The third kappa shape index (κ3) is 2.45. The molecule has 0 aliphatic carbocycles. The van der Waals surface area contributed by atoms with E-state index in [1.165, 1.54) is 0 Å². The summed E-state index contributed by atoms with van der Waals surface area (Å²) in [7, 11) is 0. The lowest BCUT2D eigenvalue weighted by Gasteiger charge is -2.09. The van der Waals surface area contributed by atoms with Crippen molar-refractivity contribution in [1.82, 2.24) is 5.32 Å². The van der Waals surface area contributed by atoms with E-state index in [0.717, 1.165) is 24.1 Å². The average Bonchev–Trinajstić information content (AvgIpc) is 2.75. The van der Waals surface area contributed by atoms with Crippen LogP contribution in [0.4, 0.5) is 4.39 Å². The molecule has 1 aromatic heterocycles. The van der Waals surface area contributed by atoms with Crippen LogP contribution in [-0.4, -0.2) is 6.54 Å². The Hall–Kier alpha value is -1.06. The molecular formula is C13H15ClFNO. The fraction of sp³-hybridized carbons (Fsp3) is 0.385. The van der Waals surface area contributed by atoms with Crippen molar-refractivity contribution in [2.45, 2.75) is 26.3 Å². The molecule has 1 unspecified atom stereocenters. The van der Waals surface area contributed by atoms with Gasteiger partial charge in [-0.2, -0.15) is 0 Å². The van der Waals surface area contributed by atoms with Crippen LogP contribution in [-0.2, 0) is 0 Å². The molecule has 2 rings (SSSR count). The third-order valence-corrected chi connectivity index (χ3v) is 3.02. The fourth-order valence-corrected chi connectivity index (χ4v) is 1.89. The van der Waals surface area contributed by atoms with Crippen molar-refractivity contribution in [3.05, 3.63) is 34.8 Å². The van der Waals surface area contributed by atoms with Crippen molar-refractivity contribution in [3.8, 4) is 0 Å². The largest absolute Gasteiger partial charge is 0.456 e. The lowest BCUT2D eigenvalue weighted by atomic mass is 10.2. The Morgan fingerprint density at radius 3 is 2.94 bits per heavy atom. The summed E-state index contributed by atoms with van der Waals surface area (Å²) >= 11 is 5.71. The molecule has 0 aliphatic heterocycles. The summed E-state index contributed by atoms with van der Waals surface area (Å²) in [4.78, 5) is 0. The lowest BCUT2D eigenvalue weighted by Crippen LogP contribution is -2.18. The Morgan fingerprint density at radius 2 is 2.24 bits per heavy atom. The highest BCUT2D eigenvalue weighted by atomic mass is 35.5. The van der Waals surface area contributed by atoms with Crippen LogP contribution in [0.25, 0.3) is 11.0 Å². The highest BCUT2D eigenvalue weighted by Gasteiger charge is 2.14. The van der Waals surface area contributed by atoms with Crippen molar-refractivity contribution < 1.29 is 8.81 Å². The van der Waals surface area contributed by atoms with E-state index in [1.54, 1.807) is 12.1 Å². The molecule has 0 spiro atoms. The molecule has 17 heavy (non-hydrogen) atoms. The maximum Gasteiger partial charge on any atom is 0.184 e. The molecule has 0 fully saturated rings. The molecule has 2 nitrogen and oxygen atoms in total. The number of nitrogens with one attached hydrogen (secondary N) is 1. The molecular weight excluding hydrogens is 241 g/mol. The normalized spacial score (nSPS) is 13.2.